The number of benzene rings is 2. The van der Waals surface area contributed by atoms with Gasteiger partial charge in [0.2, 0.25) is 11.0 Å². The molecule has 0 aliphatic heterocycles. The molecule has 6 nitrogen and oxygen atoms in total. The number of halogens is 2. The number of anilines is 2. The molecule has 3 rings (SSSR count). The number of rotatable bonds is 6. The van der Waals surface area contributed by atoms with Crippen molar-refractivity contribution in [1.82, 2.24) is 10.2 Å². The van der Waals surface area contributed by atoms with Crippen LogP contribution in [0.1, 0.15) is 10.4 Å². The van der Waals surface area contributed by atoms with Crippen LogP contribution in [0.5, 0.6) is 0 Å². The first-order valence-electron chi connectivity index (χ1n) is 7.58. The van der Waals surface area contributed by atoms with Crippen LogP contribution >= 0.6 is 34.7 Å². The molecule has 0 bridgehead atoms. The third-order valence-electron chi connectivity index (χ3n) is 3.17. The van der Waals surface area contributed by atoms with Crippen molar-refractivity contribution in [3.8, 4) is 0 Å². The highest BCUT2D eigenvalue weighted by Gasteiger charge is 2.12. The van der Waals surface area contributed by atoms with Crippen molar-refractivity contribution in [3.63, 3.8) is 0 Å². The fourth-order valence-electron chi connectivity index (χ4n) is 1.98. The van der Waals surface area contributed by atoms with Crippen molar-refractivity contribution in [3.05, 3.63) is 64.9 Å². The van der Waals surface area contributed by atoms with E-state index in [2.05, 4.69) is 20.8 Å². The van der Waals surface area contributed by atoms with E-state index in [0.29, 0.717) is 25.7 Å². The number of hydrogen-bond acceptors (Lipinski definition) is 6. The lowest BCUT2D eigenvalue weighted by atomic mass is 10.2. The van der Waals surface area contributed by atoms with E-state index in [1.54, 1.807) is 24.3 Å². The second-order valence-corrected chi connectivity index (χ2v) is 7.82. The highest BCUT2D eigenvalue weighted by molar-refractivity contribution is 8.01. The number of amides is 2. The Kier molecular flexibility index (Phi) is 6.38. The van der Waals surface area contributed by atoms with Crippen LogP contribution in [0.3, 0.4) is 0 Å². The van der Waals surface area contributed by atoms with E-state index in [1.165, 1.54) is 36.0 Å². The smallest absolute Gasteiger partial charge is 0.257 e. The maximum Gasteiger partial charge on any atom is 0.257 e. The predicted molar refractivity (Wildman–Crippen MR) is 105 cm³/mol. The monoisotopic (exact) mass is 422 g/mol. The standard InChI is InChI=1S/C17H12ClFN4O2S2/c18-11-3-1-2-10(8-11)15(25)21-16-22-23-17(27-16)26-9-14(24)20-13-6-4-12(19)5-7-13/h1-8H,9H2,(H,20,24)(H,21,22,25). The lowest BCUT2D eigenvalue weighted by Gasteiger charge is -2.03. The van der Waals surface area contributed by atoms with Crippen LogP contribution in [0.25, 0.3) is 0 Å². The van der Waals surface area contributed by atoms with Crippen molar-refractivity contribution < 1.29 is 14.0 Å². The van der Waals surface area contributed by atoms with Gasteiger partial charge in [-0.15, -0.1) is 10.2 Å². The Morgan fingerprint density at radius 1 is 1.11 bits per heavy atom. The number of aromatic nitrogens is 2. The van der Waals surface area contributed by atoms with Gasteiger partial charge in [0.05, 0.1) is 5.75 Å². The van der Waals surface area contributed by atoms with Crippen LogP contribution < -0.4 is 10.6 Å². The second kappa shape index (κ2) is 8.94. The topological polar surface area (TPSA) is 84.0 Å². The zero-order chi connectivity index (χ0) is 19.2. The van der Waals surface area contributed by atoms with E-state index in [-0.39, 0.29) is 23.4 Å². The molecule has 0 aliphatic rings. The van der Waals surface area contributed by atoms with Gasteiger partial charge in [0, 0.05) is 16.3 Å². The number of hydrogen-bond donors (Lipinski definition) is 2. The van der Waals surface area contributed by atoms with Crippen molar-refractivity contribution in [2.24, 2.45) is 0 Å². The summed E-state index contributed by atoms with van der Waals surface area (Å²) in [5.41, 5.74) is 0.916. The number of carbonyl (C=O) groups is 2. The molecule has 2 N–H and O–H groups in total. The molecule has 0 saturated carbocycles. The molecule has 0 saturated heterocycles. The minimum Gasteiger partial charge on any atom is -0.325 e. The van der Waals surface area contributed by atoms with E-state index < -0.39 is 0 Å². The minimum absolute atomic E-state index is 0.105. The SMILES string of the molecule is O=C(CSc1nnc(NC(=O)c2cccc(Cl)c2)s1)Nc1ccc(F)cc1. The molecule has 0 aliphatic carbocycles. The molecule has 1 heterocycles. The number of nitrogens with one attached hydrogen (secondary N) is 2. The third-order valence-corrected chi connectivity index (χ3v) is 5.38. The molecule has 0 unspecified atom stereocenters. The molecule has 2 aromatic carbocycles. The molecule has 138 valence electrons. The summed E-state index contributed by atoms with van der Waals surface area (Å²) in [5, 5.41) is 13.9. The Bertz CT molecular complexity index is 966. The Balaban J connectivity index is 1.51. The summed E-state index contributed by atoms with van der Waals surface area (Å²) in [7, 11) is 0. The van der Waals surface area contributed by atoms with Crippen LogP contribution in [0.15, 0.2) is 52.9 Å². The van der Waals surface area contributed by atoms with Crippen molar-refractivity contribution in [2.75, 3.05) is 16.4 Å². The molecular formula is C17H12ClFN4O2S2. The summed E-state index contributed by atoms with van der Waals surface area (Å²) in [6, 6.07) is 12.0. The molecule has 1 aromatic heterocycles. The van der Waals surface area contributed by atoms with Gasteiger partial charge in [-0.2, -0.15) is 0 Å². The summed E-state index contributed by atoms with van der Waals surface area (Å²) in [4.78, 5) is 24.1. The van der Waals surface area contributed by atoms with Crippen LogP contribution in [-0.4, -0.2) is 27.8 Å². The van der Waals surface area contributed by atoms with Gasteiger partial charge in [0.25, 0.3) is 5.91 Å². The van der Waals surface area contributed by atoms with Gasteiger partial charge >= 0.3 is 0 Å². The second-order valence-electron chi connectivity index (χ2n) is 5.18. The maximum atomic E-state index is 12.8. The van der Waals surface area contributed by atoms with Crippen molar-refractivity contribution in [2.45, 2.75) is 4.34 Å². The summed E-state index contributed by atoms with van der Waals surface area (Å²) in [6.07, 6.45) is 0. The zero-order valence-electron chi connectivity index (χ0n) is 13.6. The van der Waals surface area contributed by atoms with E-state index in [4.69, 9.17) is 11.6 Å². The third kappa shape index (κ3) is 5.75. The first kappa shape index (κ1) is 19.3. The molecule has 27 heavy (non-hydrogen) atoms. The van der Waals surface area contributed by atoms with E-state index >= 15 is 0 Å². The summed E-state index contributed by atoms with van der Waals surface area (Å²) < 4.78 is 13.4. The predicted octanol–water partition coefficient (Wildman–Crippen LogP) is 4.31. The first-order valence-corrected chi connectivity index (χ1v) is 9.76. The number of nitrogens with zero attached hydrogens (tertiary/aromatic N) is 2. The highest BCUT2D eigenvalue weighted by Crippen LogP contribution is 2.26. The molecule has 0 atom stereocenters. The van der Waals surface area contributed by atoms with Gasteiger partial charge < -0.3 is 5.32 Å². The zero-order valence-corrected chi connectivity index (χ0v) is 16.0. The fraction of sp³-hybridized carbons (Fsp3) is 0.0588. The van der Waals surface area contributed by atoms with Crippen molar-refractivity contribution in [1.29, 1.82) is 0 Å². The lowest BCUT2D eigenvalue weighted by molar-refractivity contribution is -0.113. The van der Waals surface area contributed by atoms with Gasteiger partial charge in [-0.05, 0) is 42.5 Å². The molecule has 3 aromatic rings. The molecule has 0 spiro atoms. The Morgan fingerprint density at radius 3 is 2.63 bits per heavy atom. The van der Waals surface area contributed by atoms with Gasteiger partial charge in [0.15, 0.2) is 4.34 Å². The molecule has 2 amide bonds. The maximum absolute atomic E-state index is 12.8. The quantitative estimate of drug-likeness (QED) is 0.456. The summed E-state index contributed by atoms with van der Waals surface area (Å²) in [5.74, 6) is -0.872. The summed E-state index contributed by atoms with van der Waals surface area (Å²) >= 11 is 8.21. The average Bonchev–Trinajstić information content (AvgIpc) is 3.09. The largest absolute Gasteiger partial charge is 0.325 e. The molecular weight excluding hydrogens is 411 g/mol. The van der Waals surface area contributed by atoms with E-state index in [9.17, 15) is 14.0 Å². The van der Waals surface area contributed by atoms with Crippen LogP contribution in [0.2, 0.25) is 5.02 Å². The van der Waals surface area contributed by atoms with Gasteiger partial charge in [0.1, 0.15) is 5.82 Å². The van der Waals surface area contributed by atoms with E-state index in [1.807, 2.05) is 0 Å². The molecule has 10 heteroatoms. The van der Waals surface area contributed by atoms with Gasteiger partial charge in [-0.25, -0.2) is 4.39 Å². The highest BCUT2D eigenvalue weighted by atomic mass is 35.5. The van der Waals surface area contributed by atoms with Crippen LogP contribution in [0.4, 0.5) is 15.2 Å². The van der Waals surface area contributed by atoms with Crippen LogP contribution in [-0.2, 0) is 4.79 Å². The Morgan fingerprint density at radius 2 is 1.89 bits per heavy atom. The Labute approximate surface area is 167 Å². The summed E-state index contributed by atoms with van der Waals surface area (Å²) in [6.45, 7) is 0. The first-order chi connectivity index (χ1) is 13.0. The number of carbonyl (C=O) groups excluding carboxylic acids is 2. The lowest BCUT2D eigenvalue weighted by Crippen LogP contribution is -2.13. The molecule has 0 fully saturated rings. The molecule has 0 radical (unpaired) electrons. The van der Waals surface area contributed by atoms with E-state index in [0.717, 1.165) is 11.3 Å². The fourth-order valence-corrected chi connectivity index (χ4v) is 3.71. The Hall–Kier alpha value is -2.49. The average molecular weight is 423 g/mol. The minimum atomic E-state index is -0.372. The van der Waals surface area contributed by atoms with Crippen LogP contribution in [0, 0.1) is 5.82 Å². The van der Waals surface area contributed by atoms with Crippen molar-refractivity contribution >= 4 is 57.3 Å². The normalized spacial score (nSPS) is 10.4. The van der Waals surface area contributed by atoms with Gasteiger partial charge in [-0.1, -0.05) is 40.8 Å². The number of thioether (sulfide) groups is 1. The van der Waals surface area contributed by atoms with Gasteiger partial charge in [-0.3, -0.25) is 14.9 Å².